The van der Waals surface area contributed by atoms with Crippen LogP contribution in [0.3, 0.4) is 0 Å². The largest absolute Gasteiger partial charge is 0.349 e. The minimum atomic E-state index is -0.633. The van der Waals surface area contributed by atoms with Gasteiger partial charge in [0.2, 0.25) is 0 Å². The van der Waals surface area contributed by atoms with Crippen LogP contribution in [0.15, 0.2) is 21.7 Å². The van der Waals surface area contributed by atoms with E-state index in [0.29, 0.717) is 12.4 Å². The van der Waals surface area contributed by atoms with E-state index in [4.69, 9.17) is 0 Å². The molecule has 24 heavy (non-hydrogen) atoms. The summed E-state index contributed by atoms with van der Waals surface area (Å²) >= 11 is 3.44. The summed E-state index contributed by atoms with van der Waals surface area (Å²) in [4.78, 5) is 34.5. The fourth-order valence-corrected chi connectivity index (χ4v) is 3.21. The fourth-order valence-electron chi connectivity index (χ4n) is 2.82. The van der Waals surface area contributed by atoms with Crippen molar-refractivity contribution < 1.29 is 0 Å². The summed E-state index contributed by atoms with van der Waals surface area (Å²) in [5.74, 6) is 0.360. The fraction of sp³-hybridized carbons (Fsp3) is 0.412. The molecule has 126 valence electrons. The maximum Gasteiger partial charge on any atom is 0.349 e. The molecule has 7 heteroatoms. The molecular formula is C17H19BrN4O2. The van der Waals surface area contributed by atoms with Crippen molar-refractivity contribution in [3.8, 4) is 11.5 Å². The molecule has 0 aromatic heterocycles. The quantitative estimate of drug-likeness (QED) is 0.412. The number of aryl methyl sites for hydroxylation is 3. The Kier molecular flexibility index (Phi) is 4.80. The molecule has 0 unspecified atom stereocenters. The van der Waals surface area contributed by atoms with Crippen molar-refractivity contribution in [1.29, 1.82) is 0 Å². The van der Waals surface area contributed by atoms with Crippen molar-refractivity contribution in [2.24, 2.45) is 0 Å². The number of nitrogens with zero attached hydrogens (tertiary/aromatic N) is 3. The maximum atomic E-state index is 12.1. The molecule has 3 rings (SSSR count). The minimum Gasteiger partial charge on any atom is -0.322 e. The smallest absolute Gasteiger partial charge is 0.322 e. The lowest BCUT2D eigenvalue weighted by molar-refractivity contribution is 0.611. The highest BCUT2D eigenvalue weighted by Crippen LogP contribution is 2.24. The summed E-state index contributed by atoms with van der Waals surface area (Å²) in [6.45, 7) is 4.75. The van der Waals surface area contributed by atoms with Crippen LogP contribution in [0.4, 0.5) is 0 Å². The molecule has 1 aromatic rings. The van der Waals surface area contributed by atoms with Crippen LogP contribution in [0, 0.1) is 13.8 Å². The zero-order valence-electron chi connectivity index (χ0n) is 13.7. The van der Waals surface area contributed by atoms with Crippen LogP contribution in [-0.2, 0) is 6.54 Å². The number of halogens is 1. The van der Waals surface area contributed by atoms with Gasteiger partial charge in [0.1, 0.15) is 0 Å². The van der Waals surface area contributed by atoms with E-state index in [9.17, 15) is 9.59 Å². The second-order valence-electron chi connectivity index (χ2n) is 5.98. The van der Waals surface area contributed by atoms with Crippen molar-refractivity contribution >= 4 is 27.0 Å². The Bertz CT molecular complexity index is 977. The van der Waals surface area contributed by atoms with E-state index in [1.165, 1.54) is 0 Å². The number of nitrogens with one attached hydrogen (secondary N) is 1. The number of rotatable bonds is 5. The topological polar surface area (TPSA) is 80.6 Å². The van der Waals surface area contributed by atoms with Crippen molar-refractivity contribution in [1.82, 2.24) is 19.5 Å². The van der Waals surface area contributed by atoms with Gasteiger partial charge in [-0.1, -0.05) is 22.4 Å². The molecule has 1 N–H and O–H groups in total. The third kappa shape index (κ3) is 3.13. The molecule has 0 radical (unpaired) electrons. The molecule has 0 saturated heterocycles. The van der Waals surface area contributed by atoms with Gasteiger partial charge >= 0.3 is 5.69 Å². The van der Waals surface area contributed by atoms with Crippen LogP contribution in [0.1, 0.15) is 30.4 Å². The first-order valence-electron chi connectivity index (χ1n) is 7.99. The van der Waals surface area contributed by atoms with Gasteiger partial charge < -0.3 is 4.57 Å². The average Bonchev–Trinajstić information content (AvgIpc) is 2.53. The normalized spacial score (nSPS) is 11.5. The Hall–Kier alpha value is -2.02. The summed E-state index contributed by atoms with van der Waals surface area (Å²) in [5, 5.41) is 0.969. The number of fused-ring (bicyclic) bond motifs is 2. The molecule has 0 spiro atoms. The second kappa shape index (κ2) is 6.84. The minimum absolute atomic E-state index is 0.214. The first kappa shape index (κ1) is 16.8. The second-order valence-corrected chi connectivity index (χ2v) is 6.77. The van der Waals surface area contributed by atoms with Crippen LogP contribution >= 0.6 is 15.9 Å². The molecule has 2 heterocycles. The maximum absolute atomic E-state index is 12.1. The highest BCUT2D eigenvalue weighted by Gasteiger charge is 2.18. The van der Waals surface area contributed by atoms with E-state index in [0.717, 1.165) is 46.8 Å². The summed E-state index contributed by atoms with van der Waals surface area (Å²) in [6, 6.07) is 4.03. The highest BCUT2D eigenvalue weighted by molar-refractivity contribution is 9.09. The molecule has 0 amide bonds. The number of hydrogen-bond donors (Lipinski definition) is 1. The molecule has 6 nitrogen and oxygen atoms in total. The molecule has 2 aliphatic heterocycles. The van der Waals surface area contributed by atoms with Gasteiger partial charge in [0.25, 0.3) is 5.56 Å². The number of aromatic amines is 1. The lowest BCUT2D eigenvalue weighted by atomic mass is 10.1. The molecule has 2 aliphatic rings. The van der Waals surface area contributed by atoms with Crippen LogP contribution in [0.25, 0.3) is 22.6 Å². The van der Waals surface area contributed by atoms with E-state index in [-0.39, 0.29) is 5.69 Å². The number of benzene rings is 1. The third-order valence-electron chi connectivity index (χ3n) is 4.24. The van der Waals surface area contributed by atoms with Crippen LogP contribution in [0.5, 0.6) is 0 Å². The van der Waals surface area contributed by atoms with Crippen LogP contribution < -0.4 is 11.2 Å². The standard InChI is InChI=1S/C17H19BrN4O2/c1-10-8-12-13(9-11(10)2)22(7-5-3-4-6-18)15-14(19-12)16(23)21-17(24)20-15/h8-9H,3-7H2,1-2H3,(H,21,23,24). The number of alkyl halides is 1. The van der Waals surface area contributed by atoms with E-state index in [1.54, 1.807) is 0 Å². The highest BCUT2D eigenvalue weighted by atomic mass is 79.9. The number of H-pyrrole nitrogens is 1. The predicted molar refractivity (Wildman–Crippen MR) is 98.2 cm³/mol. The van der Waals surface area contributed by atoms with Crippen LogP contribution in [0.2, 0.25) is 0 Å². The zero-order valence-corrected chi connectivity index (χ0v) is 15.3. The summed E-state index contributed by atoms with van der Waals surface area (Å²) in [6.07, 6.45) is 3.09. The lowest BCUT2D eigenvalue weighted by Gasteiger charge is -2.17. The Morgan fingerprint density at radius 3 is 2.58 bits per heavy atom. The van der Waals surface area contributed by atoms with Crippen LogP contribution in [-0.4, -0.2) is 24.8 Å². The Morgan fingerprint density at radius 1 is 1.08 bits per heavy atom. The number of unbranched alkanes of at least 4 members (excludes halogenated alkanes) is 2. The molecule has 0 atom stereocenters. The number of hydrogen-bond acceptors (Lipinski definition) is 4. The monoisotopic (exact) mass is 390 g/mol. The SMILES string of the molecule is Cc1cc2nc3c(=O)[nH]c(=O)nc-3n(CCCCCBr)c2cc1C. The van der Waals surface area contributed by atoms with Crippen molar-refractivity contribution in [3.05, 3.63) is 44.1 Å². The van der Waals surface area contributed by atoms with Crippen molar-refractivity contribution in [2.75, 3.05) is 5.33 Å². The molecule has 0 aliphatic carbocycles. The van der Waals surface area contributed by atoms with Gasteiger partial charge in [-0.25, -0.2) is 9.78 Å². The molecule has 1 aromatic carbocycles. The molecular weight excluding hydrogens is 372 g/mol. The van der Waals surface area contributed by atoms with Gasteiger partial charge in [-0.15, -0.1) is 0 Å². The van der Waals surface area contributed by atoms with Gasteiger partial charge in [-0.2, -0.15) is 4.98 Å². The predicted octanol–water partition coefficient (Wildman–Crippen LogP) is 2.77. The van der Waals surface area contributed by atoms with E-state index in [2.05, 4.69) is 36.9 Å². The summed E-state index contributed by atoms with van der Waals surface area (Å²) in [5.41, 5.74) is 3.01. The van der Waals surface area contributed by atoms with Gasteiger partial charge in [-0.05, 0) is 49.9 Å². The molecule has 0 fully saturated rings. The average molecular weight is 391 g/mol. The van der Waals surface area contributed by atoms with Crippen molar-refractivity contribution in [2.45, 2.75) is 39.7 Å². The zero-order chi connectivity index (χ0) is 17.3. The Morgan fingerprint density at radius 2 is 1.83 bits per heavy atom. The van der Waals surface area contributed by atoms with Gasteiger partial charge in [-0.3, -0.25) is 9.78 Å². The third-order valence-corrected chi connectivity index (χ3v) is 4.80. The Balaban J connectivity index is 2.26. The van der Waals surface area contributed by atoms with Gasteiger partial charge in [0, 0.05) is 11.9 Å². The Labute approximate surface area is 147 Å². The van der Waals surface area contributed by atoms with E-state index < -0.39 is 11.2 Å². The first-order chi connectivity index (χ1) is 11.5. The molecule has 0 bridgehead atoms. The first-order valence-corrected chi connectivity index (χ1v) is 9.11. The summed E-state index contributed by atoms with van der Waals surface area (Å²) < 4.78 is 1.95. The van der Waals surface area contributed by atoms with E-state index in [1.807, 2.05) is 24.5 Å². The lowest BCUT2D eigenvalue weighted by Crippen LogP contribution is -2.29. The summed E-state index contributed by atoms with van der Waals surface area (Å²) in [7, 11) is 0. The number of aromatic nitrogens is 4. The molecule has 0 saturated carbocycles. The van der Waals surface area contributed by atoms with Gasteiger partial charge in [0.15, 0.2) is 11.5 Å². The van der Waals surface area contributed by atoms with Crippen molar-refractivity contribution in [3.63, 3.8) is 0 Å². The van der Waals surface area contributed by atoms with E-state index >= 15 is 0 Å². The van der Waals surface area contributed by atoms with Gasteiger partial charge in [0.05, 0.1) is 11.0 Å².